The van der Waals surface area contributed by atoms with Crippen LogP contribution in [-0.4, -0.2) is 33.3 Å². The van der Waals surface area contributed by atoms with Gasteiger partial charge in [0.1, 0.15) is 0 Å². The van der Waals surface area contributed by atoms with E-state index in [-0.39, 0.29) is 23.9 Å². The van der Waals surface area contributed by atoms with Gasteiger partial charge in [-0.1, -0.05) is 29.4 Å². The molecule has 2 aromatic rings. The monoisotopic (exact) mass is 394 g/mol. The minimum Gasteiger partial charge on any atom is -0.336 e. The number of hydrogen-bond acceptors (Lipinski definition) is 5. The lowest BCUT2D eigenvalue weighted by Gasteiger charge is -2.12. The van der Waals surface area contributed by atoms with Crippen LogP contribution in [0.1, 0.15) is 13.8 Å². The normalized spacial score (nSPS) is 10.8. The number of nitrogens with zero attached hydrogens (tertiary/aromatic N) is 2. The van der Waals surface area contributed by atoms with Crippen molar-refractivity contribution in [2.24, 2.45) is 0 Å². The van der Waals surface area contributed by atoms with E-state index in [1.165, 1.54) is 4.57 Å². The Labute approximate surface area is 159 Å². The molecule has 0 aliphatic heterocycles. The number of imide groups is 1. The molecular formula is C17H19ClN4O3S. The van der Waals surface area contributed by atoms with Crippen molar-refractivity contribution in [3.05, 3.63) is 46.2 Å². The van der Waals surface area contributed by atoms with E-state index in [2.05, 4.69) is 22.2 Å². The fourth-order valence-corrected chi connectivity index (χ4v) is 3.14. The number of halogens is 1. The first-order chi connectivity index (χ1) is 12.3. The van der Waals surface area contributed by atoms with Crippen molar-refractivity contribution in [1.82, 2.24) is 20.2 Å². The van der Waals surface area contributed by atoms with E-state index < -0.39 is 11.9 Å². The van der Waals surface area contributed by atoms with Crippen molar-refractivity contribution < 1.29 is 9.59 Å². The molecule has 0 atom stereocenters. The Balaban J connectivity index is 2.23. The molecule has 0 unspecified atom stereocenters. The van der Waals surface area contributed by atoms with E-state index in [0.29, 0.717) is 21.1 Å². The van der Waals surface area contributed by atoms with E-state index in [9.17, 15) is 14.4 Å². The number of hydrogen-bond donors (Lipinski definition) is 2. The molecule has 26 heavy (non-hydrogen) atoms. The van der Waals surface area contributed by atoms with Crippen LogP contribution in [0.25, 0.3) is 10.9 Å². The summed E-state index contributed by atoms with van der Waals surface area (Å²) in [6, 6.07) is 4.21. The van der Waals surface area contributed by atoms with Crippen LogP contribution in [0, 0.1) is 0 Å². The summed E-state index contributed by atoms with van der Waals surface area (Å²) >= 11 is 7.02. The molecule has 0 aliphatic carbocycles. The predicted molar refractivity (Wildman–Crippen MR) is 104 cm³/mol. The Morgan fingerprint density at radius 3 is 2.81 bits per heavy atom. The number of amides is 3. The average Bonchev–Trinajstić information content (AvgIpc) is 2.55. The van der Waals surface area contributed by atoms with Gasteiger partial charge in [0.25, 0.3) is 5.56 Å². The second-order valence-electron chi connectivity index (χ2n) is 5.73. The van der Waals surface area contributed by atoms with Gasteiger partial charge >= 0.3 is 6.03 Å². The topological polar surface area (TPSA) is 93.1 Å². The largest absolute Gasteiger partial charge is 0.336 e. The zero-order valence-electron chi connectivity index (χ0n) is 14.4. The van der Waals surface area contributed by atoms with E-state index in [4.69, 9.17) is 11.6 Å². The van der Waals surface area contributed by atoms with Crippen molar-refractivity contribution in [3.8, 4) is 0 Å². The van der Waals surface area contributed by atoms with Gasteiger partial charge in [-0.15, -0.1) is 6.58 Å². The fourth-order valence-electron chi connectivity index (χ4n) is 2.16. The molecule has 0 spiro atoms. The fraction of sp³-hybridized carbons (Fsp3) is 0.294. The Kier molecular flexibility index (Phi) is 6.82. The maximum atomic E-state index is 12.7. The molecule has 2 rings (SSSR count). The SMILES string of the molecule is C=CCn1c(SCC(=O)NC(=O)NC(C)C)nc2ccc(Cl)cc2c1=O. The lowest BCUT2D eigenvalue weighted by molar-refractivity contribution is -0.117. The summed E-state index contributed by atoms with van der Waals surface area (Å²) in [4.78, 5) is 40.6. The number of carbonyl (C=O) groups excluding carboxylic acids is 2. The summed E-state index contributed by atoms with van der Waals surface area (Å²) in [7, 11) is 0. The number of nitrogens with one attached hydrogen (secondary N) is 2. The number of allylic oxidation sites excluding steroid dienone is 1. The van der Waals surface area contributed by atoms with Crippen molar-refractivity contribution in [3.63, 3.8) is 0 Å². The molecule has 0 bridgehead atoms. The van der Waals surface area contributed by atoms with Crippen LogP contribution < -0.4 is 16.2 Å². The third kappa shape index (κ3) is 5.09. The Hall–Kier alpha value is -2.32. The van der Waals surface area contributed by atoms with E-state index >= 15 is 0 Å². The van der Waals surface area contributed by atoms with Crippen molar-refractivity contribution >= 4 is 46.2 Å². The number of rotatable bonds is 6. The van der Waals surface area contributed by atoms with Crippen LogP contribution in [0.5, 0.6) is 0 Å². The third-order valence-corrected chi connectivity index (χ3v) is 4.41. The molecule has 138 valence electrons. The summed E-state index contributed by atoms with van der Waals surface area (Å²) in [5.41, 5.74) is 0.220. The van der Waals surface area contributed by atoms with Gasteiger partial charge in [-0.3, -0.25) is 19.5 Å². The maximum Gasteiger partial charge on any atom is 0.321 e. The van der Waals surface area contributed by atoms with E-state index in [1.807, 2.05) is 0 Å². The summed E-state index contributed by atoms with van der Waals surface area (Å²) in [5.74, 6) is -0.544. The van der Waals surface area contributed by atoms with Crippen molar-refractivity contribution in [2.45, 2.75) is 31.6 Å². The first-order valence-electron chi connectivity index (χ1n) is 7.86. The smallest absolute Gasteiger partial charge is 0.321 e. The molecule has 0 fully saturated rings. The van der Waals surface area contributed by atoms with Gasteiger partial charge in [0.2, 0.25) is 5.91 Å². The van der Waals surface area contributed by atoms with Gasteiger partial charge in [0.05, 0.1) is 16.7 Å². The zero-order valence-corrected chi connectivity index (χ0v) is 16.0. The van der Waals surface area contributed by atoms with Gasteiger partial charge < -0.3 is 5.32 Å². The molecule has 0 radical (unpaired) electrons. The lowest BCUT2D eigenvalue weighted by Crippen LogP contribution is -2.43. The molecule has 1 aromatic carbocycles. The summed E-state index contributed by atoms with van der Waals surface area (Å²) < 4.78 is 1.41. The number of fused-ring (bicyclic) bond motifs is 1. The summed E-state index contributed by atoms with van der Waals surface area (Å²) in [6.07, 6.45) is 1.57. The predicted octanol–water partition coefficient (Wildman–Crippen LogP) is 2.56. The number of thioether (sulfide) groups is 1. The Morgan fingerprint density at radius 1 is 1.42 bits per heavy atom. The first-order valence-corrected chi connectivity index (χ1v) is 9.22. The molecule has 1 aromatic heterocycles. The van der Waals surface area contributed by atoms with Crippen LogP contribution in [-0.2, 0) is 11.3 Å². The zero-order chi connectivity index (χ0) is 19.3. The first kappa shape index (κ1) is 20.0. The van der Waals surface area contributed by atoms with Gasteiger partial charge in [0.15, 0.2) is 5.16 Å². The van der Waals surface area contributed by atoms with Gasteiger partial charge in [-0.05, 0) is 32.0 Å². The minimum absolute atomic E-state index is 0.0613. The standard InChI is InChI=1S/C17H19ClN4O3S/c1-4-7-22-15(24)12-8-11(18)5-6-13(12)20-17(22)26-9-14(23)21-16(25)19-10(2)3/h4-6,8,10H,1,7,9H2,2-3H3,(H2,19,21,23,25). The van der Waals surface area contributed by atoms with Crippen LogP contribution >= 0.6 is 23.4 Å². The number of aromatic nitrogens is 2. The highest BCUT2D eigenvalue weighted by Crippen LogP contribution is 2.20. The highest BCUT2D eigenvalue weighted by molar-refractivity contribution is 7.99. The lowest BCUT2D eigenvalue weighted by atomic mass is 10.2. The second-order valence-corrected chi connectivity index (χ2v) is 7.10. The Morgan fingerprint density at radius 2 is 2.15 bits per heavy atom. The quantitative estimate of drug-likeness (QED) is 0.446. The Bertz CT molecular complexity index is 911. The summed E-state index contributed by atoms with van der Waals surface area (Å²) in [6.45, 7) is 7.46. The average molecular weight is 395 g/mol. The van der Waals surface area contributed by atoms with Crippen LogP contribution in [0.3, 0.4) is 0 Å². The van der Waals surface area contributed by atoms with Crippen molar-refractivity contribution in [1.29, 1.82) is 0 Å². The molecule has 0 saturated carbocycles. The molecule has 3 amide bonds. The van der Waals surface area contributed by atoms with Crippen LogP contribution in [0.4, 0.5) is 4.79 Å². The third-order valence-electron chi connectivity index (χ3n) is 3.20. The molecular weight excluding hydrogens is 376 g/mol. The number of urea groups is 1. The van der Waals surface area contributed by atoms with Crippen LogP contribution in [0.2, 0.25) is 5.02 Å². The molecule has 1 heterocycles. The van der Waals surface area contributed by atoms with Gasteiger partial charge in [-0.25, -0.2) is 9.78 Å². The van der Waals surface area contributed by atoms with E-state index in [0.717, 1.165) is 11.8 Å². The van der Waals surface area contributed by atoms with Crippen molar-refractivity contribution in [2.75, 3.05) is 5.75 Å². The second kappa shape index (κ2) is 8.86. The highest BCUT2D eigenvalue weighted by atomic mass is 35.5. The maximum absolute atomic E-state index is 12.7. The van der Waals surface area contributed by atoms with E-state index in [1.54, 1.807) is 38.1 Å². The van der Waals surface area contributed by atoms with Gasteiger partial charge in [0, 0.05) is 17.6 Å². The number of benzene rings is 1. The highest BCUT2D eigenvalue weighted by Gasteiger charge is 2.14. The summed E-state index contributed by atoms with van der Waals surface area (Å²) in [5, 5.41) is 6.00. The molecule has 2 N–H and O–H groups in total. The molecule has 7 nitrogen and oxygen atoms in total. The van der Waals surface area contributed by atoms with Crippen LogP contribution in [0.15, 0.2) is 40.8 Å². The molecule has 0 saturated heterocycles. The minimum atomic E-state index is -0.560. The molecule has 9 heteroatoms. The van der Waals surface area contributed by atoms with Gasteiger partial charge in [-0.2, -0.15) is 0 Å². The number of carbonyl (C=O) groups is 2. The molecule has 0 aliphatic rings.